The van der Waals surface area contributed by atoms with Gasteiger partial charge in [0.1, 0.15) is 16.7 Å². The second kappa shape index (κ2) is 7.90. The summed E-state index contributed by atoms with van der Waals surface area (Å²) in [6, 6.07) is 14.5. The molecule has 9 nitrogen and oxygen atoms in total. The number of imide groups is 1. The minimum atomic E-state index is -1.08. The van der Waals surface area contributed by atoms with Crippen LogP contribution in [0.25, 0.3) is 10.8 Å². The van der Waals surface area contributed by atoms with Gasteiger partial charge in [-0.1, -0.05) is 48.6 Å². The van der Waals surface area contributed by atoms with Gasteiger partial charge >= 0.3 is 5.88 Å². The summed E-state index contributed by atoms with van der Waals surface area (Å²) >= 11 is 0. The first-order valence-electron chi connectivity index (χ1n) is 11.5. The van der Waals surface area contributed by atoms with Crippen molar-refractivity contribution in [1.29, 1.82) is 0 Å². The van der Waals surface area contributed by atoms with Gasteiger partial charge in [-0.05, 0) is 35.8 Å². The lowest BCUT2D eigenvalue weighted by molar-refractivity contribution is -0.402. The number of allylic oxidation sites excluding steroid dienone is 2. The zero-order chi connectivity index (χ0) is 24.3. The number of nitrogens with zero attached hydrogens (tertiary/aromatic N) is 2. The number of benzene rings is 2. The summed E-state index contributed by atoms with van der Waals surface area (Å²) in [5.41, 5.74) is 0.593. The third kappa shape index (κ3) is 3.34. The first-order valence-corrected chi connectivity index (χ1v) is 11.5. The van der Waals surface area contributed by atoms with Crippen LogP contribution in [-0.2, 0) is 14.4 Å². The highest BCUT2D eigenvalue weighted by Gasteiger charge is 2.61. The fourth-order valence-electron chi connectivity index (χ4n) is 5.88. The highest BCUT2D eigenvalue weighted by molar-refractivity contribution is 6.07. The molecule has 1 N–H and O–H groups in total. The largest absolute Gasteiger partial charge is 0.433 e. The van der Waals surface area contributed by atoms with Gasteiger partial charge in [0.05, 0.1) is 24.3 Å². The van der Waals surface area contributed by atoms with E-state index in [0.29, 0.717) is 5.69 Å². The standard InChI is InChI=1S/C26H21N3O6/c30-21(27-18-7-3-5-14-4-1-2-6-17(14)18)13-19(20-10-11-22(35-20)29(33)34)28-25(31)23-15-8-9-16(12-15)24(23)26(28)32/h1-11,15-16,19,23-24H,12-13H2,(H,27,30). The number of rotatable bonds is 6. The predicted octanol–water partition coefficient (Wildman–Crippen LogP) is 4.22. The van der Waals surface area contributed by atoms with Crippen LogP contribution in [-0.4, -0.2) is 27.5 Å². The van der Waals surface area contributed by atoms with Crippen LogP contribution in [0.2, 0.25) is 0 Å². The Kier molecular flexibility index (Phi) is 4.80. The van der Waals surface area contributed by atoms with E-state index in [4.69, 9.17) is 4.42 Å². The molecule has 9 heteroatoms. The summed E-state index contributed by atoms with van der Waals surface area (Å²) in [5, 5.41) is 15.9. The number of hydrogen-bond acceptors (Lipinski definition) is 6. The number of carbonyl (C=O) groups is 3. The summed E-state index contributed by atoms with van der Waals surface area (Å²) in [6.07, 6.45) is 4.47. The van der Waals surface area contributed by atoms with Crippen LogP contribution in [0.5, 0.6) is 0 Å². The van der Waals surface area contributed by atoms with E-state index in [1.54, 1.807) is 6.07 Å². The van der Waals surface area contributed by atoms with Crippen molar-refractivity contribution in [2.24, 2.45) is 23.7 Å². The van der Waals surface area contributed by atoms with E-state index >= 15 is 0 Å². The molecule has 1 aliphatic heterocycles. The summed E-state index contributed by atoms with van der Waals surface area (Å²) in [7, 11) is 0. The van der Waals surface area contributed by atoms with Gasteiger partial charge in [-0.3, -0.25) is 29.4 Å². The third-order valence-corrected chi connectivity index (χ3v) is 7.38. The van der Waals surface area contributed by atoms with Crippen molar-refractivity contribution < 1.29 is 23.7 Å². The fourth-order valence-corrected chi connectivity index (χ4v) is 5.88. The van der Waals surface area contributed by atoms with Crippen LogP contribution in [0.4, 0.5) is 11.6 Å². The number of amides is 3. The third-order valence-electron chi connectivity index (χ3n) is 7.38. The molecule has 6 rings (SSSR count). The van der Waals surface area contributed by atoms with Gasteiger partial charge in [0, 0.05) is 11.1 Å². The molecule has 1 saturated heterocycles. The topological polar surface area (TPSA) is 123 Å². The molecule has 3 aliphatic rings. The Bertz CT molecular complexity index is 1390. The number of nitrogens with one attached hydrogen (secondary N) is 1. The summed E-state index contributed by atoms with van der Waals surface area (Å²) in [6.45, 7) is 0. The van der Waals surface area contributed by atoms with Crippen molar-refractivity contribution in [3.63, 3.8) is 0 Å². The molecule has 5 atom stereocenters. The summed E-state index contributed by atoms with van der Waals surface area (Å²) in [5.74, 6) is -2.52. The van der Waals surface area contributed by atoms with Gasteiger partial charge in [-0.15, -0.1) is 0 Å². The number of likely N-dealkylation sites (tertiary alicyclic amines) is 1. The van der Waals surface area contributed by atoms with Crippen LogP contribution in [0.3, 0.4) is 0 Å². The van der Waals surface area contributed by atoms with Crippen molar-refractivity contribution in [2.45, 2.75) is 18.9 Å². The smallest absolute Gasteiger partial charge is 0.404 e. The van der Waals surface area contributed by atoms with Crippen LogP contribution in [0, 0.1) is 33.8 Å². The average molecular weight is 471 g/mol. The number of hydrogen-bond donors (Lipinski definition) is 1. The molecule has 2 heterocycles. The Balaban J connectivity index is 1.32. The summed E-state index contributed by atoms with van der Waals surface area (Å²) in [4.78, 5) is 51.7. The Labute approximate surface area is 199 Å². The predicted molar refractivity (Wildman–Crippen MR) is 125 cm³/mol. The number of furan rings is 1. The Hall–Kier alpha value is -4.27. The lowest BCUT2D eigenvalue weighted by Gasteiger charge is -2.26. The van der Waals surface area contributed by atoms with Crippen molar-refractivity contribution in [3.05, 3.63) is 82.6 Å². The van der Waals surface area contributed by atoms with Crippen LogP contribution in [0.1, 0.15) is 24.6 Å². The minimum absolute atomic E-state index is 0.00236. The lowest BCUT2D eigenvalue weighted by Crippen LogP contribution is -2.38. The maximum Gasteiger partial charge on any atom is 0.433 e. The van der Waals surface area contributed by atoms with E-state index in [1.807, 2.05) is 48.6 Å². The van der Waals surface area contributed by atoms with E-state index < -0.39 is 34.6 Å². The van der Waals surface area contributed by atoms with Gasteiger partial charge in [-0.2, -0.15) is 0 Å². The van der Waals surface area contributed by atoms with Crippen LogP contribution >= 0.6 is 0 Å². The lowest BCUT2D eigenvalue weighted by atomic mass is 9.85. The van der Waals surface area contributed by atoms with Gasteiger partial charge < -0.3 is 9.73 Å². The van der Waals surface area contributed by atoms with Gasteiger partial charge in [0.25, 0.3) is 0 Å². The molecule has 5 unspecified atom stereocenters. The average Bonchev–Trinajstić information content (AvgIpc) is 3.63. The molecule has 2 fully saturated rings. The van der Waals surface area contributed by atoms with Gasteiger partial charge in [0.2, 0.25) is 17.7 Å². The molecule has 0 spiro atoms. The van der Waals surface area contributed by atoms with Crippen molar-refractivity contribution in [1.82, 2.24) is 4.90 Å². The SMILES string of the molecule is O=C(CC(c1ccc([N+](=O)[O-])o1)N1C(=O)C2C3C=CC(C3)C2C1=O)Nc1cccc2ccccc12. The Morgan fingerprint density at radius 1 is 1.03 bits per heavy atom. The number of nitro groups is 1. The first-order chi connectivity index (χ1) is 16.9. The molecule has 3 aromatic rings. The van der Waals surface area contributed by atoms with Crippen molar-refractivity contribution in [2.75, 3.05) is 5.32 Å². The highest BCUT2D eigenvalue weighted by Crippen LogP contribution is 2.54. The molecule has 35 heavy (non-hydrogen) atoms. The van der Waals surface area contributed by atoms with Gasteiger partial charge in [0.15, 0.2) is 0 Å². The monoisotopic (exact) mass is 471 g/mol. The normalized spacial score (nSPS) is 25.3. The maximum atomic E-state index is 13.4. The molecule has 2 aromatic carbocycles. The first kappa shape index (κ1) is 21.3. The second-order valence-corrected chi connectivity index (χ2v) is 9.27. The van der Waals surface area contributed by atoms with E-state index in [-0.39, 0.29) is 35.8 Å². The molecule has 1 aromatic heterocycles. The molecule has 176 valence electrons. The molecule has 2 aliphatic carbocycles. The molecule has 2 bridgehead atoms. The molecular formula is C26H21N3O6. The van der Waals surface area contributed by atoms with E-state index in [0.717, 1.165) is 22.1 Å². The van der Waals surface area contributed by atoms with Crippen molar-refractivity contribution in [3.8, 4) is 0 Å². The zero-order valence-electron chi connectivity index (χ0n) is 18.5. The Morgan fingerprint density at radius 3 is 2.40 bits per heavy atom. The molecule has 1 saturated carbocycles. The number of anilines is 1. The highest BCUT2D eigenvalue weighted by atomic mass is 16.6. The van der Waals surface area contributed by atoms with Crippen LogP contribution < -0.4 is 5.32 Å². The second-order valence-electron chi connectivity index (χ2n) is 9.27. The maximum absolute atomic E-state index is 13.4. The number of carbonyl (C=O) groups excluding carboxylic acids is 3. The van der Waals surface area contributed by atoms with Gasteiger partial charge in [-0.25, -0.2) is 0 Å². The molecule has 3 amide bonds. The van der Waals surface area contributed by atoms with Crippen molar-refractivity contribution >= 4 is 40.1 Å². The van der Waals surface area contributed by atoms with E-state index in [9.17, 15) is 24.5 Å². The van der Waals surface area contributed by atoms with E-state index in [2.05, 4.69) is 5.32 Å². The quantitative estimate of drug-likeness (QED) is 0.249. The molecular weight excluding hydrogens is 450 g/mol. The minimum Gasteiger partial charge on any atom is -0.404 e. The Morgan fingerprint density at radius 2 is 1.71 bits per heavy atom. The molecule has 0 radical (unpaired) electrons. The fraction of sp³-hybridized carbons (Fsp3) is 0.269. The van der Waals surface area contributed by atoms with Crippen LogP contribution in [0.15, 0.2) is 71.2 Å². The number of fused-ring (bicyclic) bond motifs is 6. The zero-order valence-corrected chi connectivity index (χ0v) is 18.5. The summed E-state index contributed by atoms with van der Waals surface area (Å²) < 4.78 is 5.39. The van der Waals surface area contributed by atoms with E-state index in [1.165, 1.54) is 12.1 Å².